The Morgan fingerprint density at radius 1 is 1.59 bits per heavy atom. The summed E-state index contributed by atoms with van der Waals surface area (Å²) in [7, 11) is 0. The molecule has 1 atom stereocenters. The first-order valence-corrected chi connectivity index (χ1v) is 7.79. The van der Waals surface area contributed by atoms with E-state index in [-0.39, 0.29) is 11.9 Å². The smallest absolute Gasteiger partial charge is 0.242 e. The zero-order valence-electron chi connectivity index (χ0n) is 9.63. The van der Waals surface area contributed by atoms with E-state index in [1.807, 2.05) is 36.9 Å². The highest BCUT2D eigenvalue weighted by Crippen LogP contribution is 2.21. The second kappa shape index (κ2) is 6.06. The summed E-state index contributed by atoms with van der Waals surface area (Å²) in [5.41, 5.74) is 2.05. The van der Waals surface area contributed by atoms with Crippen molar-refractivity contribution in [2.75, 3.05) is 23.4 Å². The van der Waals surface area contributed by atoms with Crippen LogP contribution in [0.4, 0.5) is 5.69 Å². The first-order valence-electron chi connectivity index (χ1n) is 5.55. The predicted molar refractivity (Wildman–Crippen MR) is 81.6 cm³/mol. The van der Waals surface area contributed by atoms with Gasteiger partial charge >= 0.3 is 0 Å². The number of amides is 1. The molecule has 0 spiro atoms. The van der Waals surface area contributed by atoms with Crippen LogP contribution in [0.15, 0.2) is 18.2 Å². The van der Waals surface area contributed by atoms with Gasteiger partial charge in [-0.15, -0.1) is 0 Å². The zero-order chi connectivity index (χ0) is 12.3. The summed E-state index contributed by atoms with van der Waals surface area (Å²) in [5, 5.41) is 6.24. The molecule has 1 aliphatic rings. The lowest BCUT2D eigenvalue weighted by molar-refractivity contribution is -0.117. The summed E-state index contributed by atoms with van der Waals surface area (Å²) in [5.74, 6) is 2.02. The summed E-state index contributed by atoms with van der Waals surface area (Å²) in [6.07, 6.45) is 0. The van der Waals surface area contributed by atoms with Crippen LogP contribution in [0.5, 0.6) is 0 Å². The van der Waals surface area contributed by atoms with Gasteiger partial charge in [0, 0.05) is 27.3 Å². The molecule has 1 aromatic rings. The van der Waals surface area contributed by atoms with Gasteiger partial charge < -0.3 is 10.6 Å². The number of carbonyl (C=O) groups is 1. The second-order valence-corrected chi connectivity index (χ2v) is 6.30. The first-order chi connectivity index (χ1) is 8.18. The monoisotopic (exact) mass is 362 g/mol. The minimum Gasteiger partial charge on any atom is -0.324 e. The van der Waals surface area contributed by atoms with Gasteiger partial charge in [0.1, 0.15) is 0 Å². The van der Waals surface area contributed by atoms with Crippen LogP contribution < -0.4 is 10.6 Å². The molecule has 0 saturated carbocycles. The Hall–Kier alpha value is -0.270. The van der Waals surface area contributed by atoms with Crippen LogP contribution in [0, 0.1) is 10.5 Å². The van der Waals surface area contributed by atoms with Crippen molar-refractivity contribution in [3.63, 3.8) is 0 Å². The van der Waals surface area contributed by atoms with E-state index in [0.29, 0.717) is 0 Å². The summed E-state index contributed by atoms with van der Waals surface area (Å²) in [6.45, 7) is 2.94. The third-order valence-electron chi connectivity index (χ3n) is 2.76. The van der Waals surface area contributed by atoms with Crippen LogP contribution in [-0.4, -0.2) is 30.0 Å². The lowest BCUT2D eigenvalue weighted by Gasteiger charge is -2.22. The van der Waals surface area contributed by atoms with Crippen molar-refractivity contribution >= 4 is 45.9 Å². The lowest BCUT2D eigenvalue weighted by atomic mass is 10.2. The van der Waals surface area contributed by atoms with Crippen molar-refractivity contribution in [3.05, 3.63) is 27.3 Å². The minimum absolute atomic E-state index is 0.0639. The van der Waals surface area contributed by atoms with E-state index >= 15 is 0 Å². The molecule has 2 N–H and O–H groups in total. The third kappa shape index (κ3) is 3.35. The molecule has 1 saturated heterocycles. The molecule has 0 aliphatic carbocycles. The molecule has 2 rings (SSSR count). The molecular formula is C12H15IN2OS. The van der Waals surface area contributed by atoms with E-state index < -0.39 is 0 Å². The summed E-state index contributed by atoms with van der Waals surface area (Å²) in [4.78, 5) is 12.0. The van der Waals surface area contributed by atoms with Crippen molar-refractivity contribution in [1.29, 1.82) is 0 Å². The largest absolute Gasteiger partial charge is 0.324 e. The van der Waals surface area contributed by atoms with Crippen LogP contribution in [0.3, 0.4) is 0 Å². The van der Waals surface area contributed by atoms with E-state index in [1.54, 1.807) is 0 Å². The number of halogens is 1. The molecule has 17 heavy (non-hydrogen) atoms. The van der Waals surface area contributed by atoms with Crippen molar-refractivity contribution < 1.29 is 4.79 Å². The van der Waals surface area contributed by atoms with Gasteiger partial charge in [-0.05, 0) is 47.2 Å². The average molecular weight is 362 g/mol. The van der Waals surface area contributed by atoms with Gasteiger partial charge in [0.25, 0.3) is 0 Å². The third-order valence-corrected chi connectivity index (χ3v) is 4.99. The van der Waals surface area contributed by atoms with Gasteiger partial charge in [-0.3, -0.25) is 4.79 Å². The fourth-order valence-corrected chi connectivity index (χ4v) is 3.13. The molecule has 0 bridgehead atoms. The Bertz CT molecular complexity index is 419. The number of rotatable bonds is 2. The van der Waals surface area contributed by atoms with Gasteiger partial charge in [-0.2, -0.15) is 11.8 Å². The summed E-state index contributed by atoms with van der Waals surface area (Å²) in [6, 6.07) is 5.89. The molecule has 5 heteroatoms. The van der Waals surface area contributed by atoms with E-state index in [2.05, 4.69) is 33.2 Å². The molecule has 1 unspecified atom stereocenters. The standard InChI is InChI=1S/C12H15IN2OS/c1-8-9(13)3-2-4-10(8)15-12(16)11-7-17-6-5-14-11/h2-4,11,14H,5-7H2,1H3,(H,15,16). The molecule has 0 aromatic heterocycles. The van der Waals surface area contributed by atoms with Crippen molar-refractivity contribution in [2.45, 2.75) is 13.0 Å². The Balaban J connectivity index is 2.04. The van der Waals surface area contributed by atoms with Gasteiger partial charge in [0.05, 0.1) is 6.04 Å². The number of benzene rings is 1. The summed E-state index contributed by atoms with van der Waals surface area (Å²) < 4.78 is 1.17. The van der Waals surface area contributed by atoms with Gasteiger partial charge in [0.15, 0.2) is 0 Å². The fraction of sp³-hybridized carbons (Fsp3) is 0.417. The highest BCUT2D eigenvalue weighted by Gasteiger charge is 2.21. The normalized spacial score (nSPS) is 20.0. The van der Waals surface area contributed by atoms with E-state index in [4.69, 9.17) is 0 Å². The zero-order valence-corrected chi connectivity index (χ0v) is 12.6. The molecule has 0 radical (unpaired) electrons. The van der Waals surface area contributed by atoms with Gasteiger partial charge in [0.2, 0.25) is 5.91 Å². The van der Waals surface area contributed by atoms with Crippen molar-refractivity contribution in [2.24, 2.45) is 0 Å². The Kier molecular flexibility index (Phi) is 4.69. The van der Waals surface area contributed by atoms with E-state index in [1.165, 1.54) is 3.57 Å². The van der Waals surface area contributed by atoms with Crippen molar-refractivity contribution in [3.8, 4) is 0 Å². The predicted octanol–water partition coefficient (Wildman–Crippen LogP) is 2.24. The highest BCUT2D eigenvalue weighted by molar-refractivity contribution is 14.1. The lowest BCUT2D eigenvalue weighted by Crippen LogP contribution is -2.46. The van der Waals surface area contributed by atoms with Crippen LogP contribution in [-0.2, 0) is 4.79 Å². The second-order valence-electron chi connectivity index (χ2n) is 3.98. The number of thioether (sulfide) groups is 1. The minimum atomic E-state index is -0.0639. The van der Waals surface area contributed by atoms with Gasteiger partial charge in [-0.25, -0.2) is 0 Å². The Morgan fingerprint density at radius 2 is 2.41 bits per heavy atom. The number of anilines is 1. The van der Waals surface area contributed by atoms with Crippen LogP contribution in [0.1, 0.15) is 5.56 Å². The SMILES string of the molecule is Cc1c(I)cccc1NC(=O)C1CSCCN1. The number of nitrogens with one attached hydrogen (secondary N) is 2. The maximum atomic E-state index is 12.0. The molecule has 3 nitrogen and oxygen atoms in total. The topological polar surface area (TPSA) is 41.1 Å². The van der Waals surface area contributed by atoms with Crippen LogP contribution in [0.2, 0.25) is 0 Å². The van der Waals surface area contributed by atoms with Crippen molar-refractivity contribution in [1.82, 2.24) is 5.32 Å². The molecule has 92 valence electrons. The molecule has 1 amide bonds. The highest BCUT2D eigenvalue weighted by atomic mass is 127. The molecule has 1 fully saturated rings. The Morgan fingerprint density at radius 3 is 3.12 bits per heavy atom. The first kappa shape index (κ1) is 13.2. The average Bonchev–Trinajstić information content (AvgIpc) is 2.36. The molecule has 1 aliphatic heterocycles. The number of hydrogen-bond acceptors (Lipinski definition) is 3. The quantitative estimate of drug-likeness (QED) is 0.793. The molecule has 1 aromatic carbocycles. The molecule has 1 heterocycles. The molecular weight excluding hydrogens is 347 g/mol. The number of hydrogen-bond donors (Lipinski definition) is 2. The summed E-state index contributed by atoms with van der Waals surface area (Å²) >= 11 is 4.10. The van der Waals surface area contributed by atoms with Crippen LogP contribution in [0.25, 0.3) is 0 Å². The van der Waals surface area contributed by atoms with Crippen LogP contribution >= 0.6 is 34.4 Å². The maximum Gasteiger partial charge on any atom is 0.242 e. The van der Waals surface area contributed by atoms with Gasteiger partial charge in [-0.1, -0.05) is 6.07 Å². The maximum absolute atomic E-state index is 12.0. The number of carbonyl (C=O) groups excluding carboxylic acids is 1. The van der Waals surface area contributed by atoms with E-state index in [9.17, 15) is 4.79 Å². The fourth-order valence-electron chi connectivity index (χ4n) is 1.70. The van der Waals surface area contributed by atoms with E-state index in [0.717, 1.165) is 29.3 Å². The Labute approximate surface area is 119 Å².